The van der Waals surface area contributed by atoms with Gasteiger partial charge < -0.3 is 0 Å². The molecule has 0 aromatic heterocycles. The minimum absolute atomic E-state index is 0.108. The Labute approximate surface area is 104 Å². The van der Waals surface area contributed by atoms with Gasteiger partial charge in [-0.05, 0) is 12.8 Å². The van der Waals surface area contributed by atoms with E-state index in [2.05, 4.69) is 4.72 Å². The molecule has 0 saturated carbocycles. The molecule has 0 heterocycles. The molecule has 0 rings (SSSR count). The van der Waals surface area contributed by atoms with E-state index >= 15 is 0 Å². The van der Waals surface area contributed by atoms with E-state index in [1.54, 1.807) is 13.8 Å². The van der Waals surface area contributed by atoms with Crippen molar-refractivity contribution in [3.05, 3.63) is 0 Å². The maximum atomic E-state index is 11.3. The summed E-state index contributed by atoms with van der Waals surface area (Å²) in [5, 5.41) is 0. The van der Waals surface area contributed by atoms with E-state index < -0.39 is 20.0 Å². The average molecular weight is 286 g/mol. The van der Waals surface area contributed by atoms with Crippen molar-refractivity contribution in [3.63, 3.8) is 0 Å². The van der Waals surface area contributed by atoms with Gasteiger partial charge in [0.1, 0.15) is 0 Å². The summed E-state index contributed by atoms with van der Waals surface area (Å²) in [6, 6.07) is 0. The van der Waals surface area contributed by atoms with Crippen LogP contribution in [0, 0.1) is 0 Å². The van der Waals surface area contributed by atoms with E-state index in [0.29, 0.717) is 25.9 Å². The van der Waals surface area contributed by atoms with Crippen LogP contribution in [0.1, 0.15) is 26.7 Å². The van der Waals surface area contributed by atoms with Crippen LogP contribution in [-0.4, -0.2) is 52.8 Å². The molecule has 6 nitrogen and oxygen atoms in total. The molecule has 0 aromatic rings. The van der Waals surface area contributed by atoms with Crippen molar-refractivity contribution in [1.82, 2.24) is 9.03 Å². The standard InChI is InChI=1S/C9H22N2O4S2/c1-4-9-17(14,15)10-7-6-8-11(5-2)16(3,12)13/h10H,4-9H2,1-3H3. The fourth-order valence-electron chi connectivity index (χ4n) is 1.38. The molecule has 0 unspecified atom stereocenters. The monoisotopic (exact) mass is 286 g/mol. The lowest BCUT2D eigenvalue weighted by Gasteiger charge is -2.17. The highest BCUT2D eigenvalue weighted by molar-refractivity contribution is 7.89. The van der Waals surface area contributed by atoms with Crippen molar-refractivity contribution in [2.45, 2.75) is 26.7 Å². The third-order valence-corrected chi connectivity index (χ3v) is 5.17. The highest BCUT2D eigenvalue weighted by Crippen LogP contribution is 1.98. The first-order valence-corrected chi connectivity index (χ1v) is 9.15. The van der Waals surface area contributed by atoms with Crippen molar-refractivity contribution in [2.24, 2.45) is 0 Å². The van der Waals surface area contributed by atoms with Crippen LogP contribution in [0.5, 0.6) is 0 Å². The zero-order valence-corrected chi connectivity index (χ0v) is 12.3. The van der Waals surface area contributed by atoms with Gasteiger partial charge in [0, 0.05) is 19.6 Å². The van der Waals surface area contributed by atoms with E-state index in [1.807, 2.05) is 0 Å². The largest absolute Gasteiger partial charge is 0.215 e. The molecule has 17 heavy (non-hydrogen) atoms. The van der Waals surface area contributed by atoms with E-state index in [1.165, 1.54) is 4.31 Å². The number of hydrogen-bond acceptors (Lipinski definition) is 4. The van der Waals surface area contributed by atoms with Gasteiger partial charge in [-0.2, -0.15) is 0 Å². The molecule has 8 heteroatoms. The van der Waals surface area contributed by atoms with E-state index in [9.17, 15) is 16.8 Å². The first-order valence-electron chi connectivity index (χ1n) is 5.65. The Morgan fingerprint density at radius 3 is 2.12 bits per heavy atom. The quantitative estimate of drug-likeness (QED) is 0.604. The van der Waals surface area contributed by atoms with E-state index in [-0.39, 0.29) is 12.3 Å². The summed E-state index contributed by atoms with van der Waals surface area (Å²) in [6.45, 7) is 4.56. The molecule has 0 atom stereocenters. The minimum atomic E-state index is -3.19. The first kappa shape index (κ1) is 16.8. The van der Waals surface area contributed by atoms with Gasteiger partial charge in [0.2, 0.25) is 20.0 Å². The lowest BCUT2D eigenvalue weighted by Crippen LogP contribution is -2.34. The van der Waals surface area contributed by atoms with Crippen molar-refractivity contribution >= 4 is 20.0 Å². The SMILES string of the molecule is CCCS(=O)(=O)NCCCN(CC)S(C)(=O)=O. The summed E-state index contributed by atoms with van der Waals surface area (Å²) in [5.41, 5.74) is 0. The summed E-state index contributed by atoms with van der Waals surface area (Å²) in [6.07, 6.45) is 2.20. The Bertz CT molecular complexity index is 403. The molecular weight excluding hydrogens is 264 g/mol. The highest BCUT2D eigenvalue weighted by Gasteiger charge is 2.14. The van der Waals surface area contributed by atoms with Gasteiger partial charge >= 0.3 is 0 Å². The predicted octanol–water partition coefficient (Wildman–Crippen LogP) is -0.0126. The Morgan fingerprint density at radius 1 is 1.12 bits per heavy atom. The maximum absolute atomic E-state index is 11.3. The second-order valence-corrected chi connectivity index (χ2v) is 7.73. The van der Waals surface area contributed by atoms with Gasteiger partial charge in [-0.25, -0.2) is 25.9 Å². The second-order valence-electron chi connectivity index (χ2n) is 3.82. The Morgan fingerprint density at radius 2 is 1.71 bits per heavy atom. The zero-order chi connectivity index (χ0) is 13.5. The van der Waals surface area contributed by atoms with Crippen LogP contribution in [0.25, 0.3) is 0 Å². The van der Waals surface area contributed by atoms with Gasteiger partial charge in [0.25, 0.3) is 0 Å². The van der Waals surface area contributed by atoms with Gasteiger partial charge in [0.05, 0.1) is 12.0 Å². The molecule has 104 valence electrons. The smallest absolute Gasteiger partial charge is 0.211 e. The third-order valence-electron chi connectivity index (χ3n) is 2.20. The molecule has 0 aromatic carbocycles. The molecular formula is C9H22N2O4S2. The Hall–Kier alpha value is -0.180. The maximum Gasteiger partial charge on any atom is 0.211 e. The molecule has 0 radical (unpaired) electrons. The first-order chi connectivity index (χ1) is 7.73. The van der Waals surface area contributed by atoms with Gasteiger partial charge in [-0.15, -0.1) is 0 Å². The molecule has 0 amide bonds. The average Bonchev–Trinajstić information content (AvgIpc) is 2.15. The molecule has 0 aliphatic rings. The summed E-state index contributed by atoms with van der Waals surface area (Å²) < 4.78 is 48.8. The van der Waals surface area contributed by atoms with Crippen LogP contribution in [0.4, 0.5) is 0 Å². The zero-order valence-electron chi connectivity index (χ0n) is 10.6. The molecule has 0 aliphatic carbocycles. The summed E-state index contributed by atoms with van der Waals surface area (Å²) >= 11 is 0. The summed E-state index contributed by atoms with van der Waals surface area (Å²) in [7, 11) is -6.37. The molecule has 0 bridgehead atoms. The van der Waals surface area contributed by atoms with Gasteiger partial charge in [0.15, 0.2) is 0 Å². The van der Waals surface area contributed by atoms with Crippen LogP contribution < -0.4 is 4.72 Å². The summed E-state index contributed by atoms with van der Waals surface area (Å²) in [5.74, 6) is 0.108. The van der Waals surface area contributed by atoms with Crippen molar-refractivity contribution in [1.29, 1.82) is 0 Å². The third kappa shape index (κ3) is 7.69. The number of hydrogen-bond donors (Lipinski definition) is 1. The fourth-order valence-corrected chi connectivity index (χ4v) is 3.45. The Balaban J connectivity index is 4.01. The van der Waals surface area contributed by atoms with Crippen LogP contribution in [0.2, 0.25) is 0 Å². The van der Waals surface area contributed by atoms with Crippen molar-refractivity contribution in [2.75, 3.05) is 31.6 Å². The van der Waals surface area contributed by atoms with E-state index in [4.69, 9.17) is 0 Å². The number of nitrogens with one attached hydrogen (secondary N) is 1. The summed E-state index contributed by atoms with van der Waals surface area (Å²) in [4.78, 5) is 0. The molecule has 0 spiro atoms. The van der Waals surface area contributed by atoms with Crippen molar-refractivity contribution in [3.8, 4) is 0 Å². The van der Waals surface area contributed by atoms with Crippen LogP contribution in [-0.2, 0) is 20.0 Å². The second kappa shape index (κ2) is 7.30. The molecule has 1 N–H and O–H groups in total. The number of nitrogens with zero attached hydrogens (tertiary/aromatic N) is 1. The molecule has 0 aliphatic heterocycles. The lowest BCUT2D eigenvalue weighted by molar-refractivity contribution is 0.424. The van der Waals surface area contributed by atoms with Crippen LogP contribution in [0.3, 0.4) is 0 Å². The number of sulfonamides is 2. The molecule has 0 saturated heterocycles. The topological polar surface area (TPSA) is 83.6 Å². The van der Waals surface area contributed by atoms with Crippen LogP contribution >= 0.6 is 0 Å². The molecule has 0 fully saturated rings. The lowest BCUT2D eigenvalue weighted by atomic mass is 10.4. The highest BCUT2D eigenvalue weighted by atomic mass is 32.2. The van der Waals surface area contributed by atoms with Gasteiger partial charge in [-0.1, -0.05) is 13.8 Å². The van der Waals surface area contributed by atoms with E-state index in [0.717, 1.165) is 6.26 Å². The van der Waals surface area contributed by atoms with Crippen molar-refractivity contribution < 1.29 is 16.8 Å². The predicted molar refractivity (Wildman–Crippen MR) is 68.8 cm³/mol. The van der Waals surface area contributed by atoms with Gasteiger partial charge in [-0.3, -0.25) is 0 Å². The normalized spacial score (nSPS) is 13.2. The number of rotatable bonds is 9. The Kier molecular flexibility index (Phi) is 7.22. The minimum Gasteiger partial charge on any atom is -0.215 e. The fraction of sp³-hybridized carbons (Fsp3) is 1.00. The van der Waals surface area contributed by atoms with Crippen LogP contribution in [0.15, 0.2) is 0 Å².